The van der Waals surface area contributed by atoms with Crippen molar-refractivity contribution in [1.29, 1.82) is 5.26 Å². The maximum Gasteiger partial charge on any atom is 0.198 e. The van der Waals surface area contributed by atoms with Gasteiger partial charge in [0.15, 0.2) is 17.4 Å². The Bertz CT molecular complexity index is 670. The van der Waals surface area contributed by atoms with Gasteiger partial charge >= 0.3 is 0 Å². The van der Waals surface area contributed by atoms with Crippen LogP contribution in [-0.4, -0.2) is 4.98 Å². The minimum absolute atomic E-state index is 0.0925. The van der Waals surface area contributed by atoms with Crippen molar-refractivity contribution in [3.63, 3.8) is 0 Å². The van der Waals surface area contributed by atoms with Crippen LogP contribution in [0.15, 0.2) is 24.3 Å². The van der Waals surface area contributed by atoms with E-state index in [0.29, 0.717) is 17.9 Å². The van der Waals surface area contributed by atoms with Crippen LogP contribution in [0.25, 0.3) is 0 Å². The van der Waals surface area contributed by atoms with Crippen LogP contribution in [0.1, 0.15) is 23.9 Å². The third kappa shape index (κ3) is 2.75. The number of rotatable bonds is 3. The normalized spacial score (nSPS) is 10.2. The van der Waals surface area contributed by atoms with Gasteiger partial charge in [0.25, 0.3) is 0 Å². The van der Waals surface area contributed by atoms with Crippen molar-refractivity contribution in [2.75, 3.05) is 0 Å². The molecule has 0 aliphatic rings. The fourth-order valence-electron chi connectivity index (χ4n) is 1.78. The summed E-state index contributed by atoms with van der Waals surface area (Å²) in [4.78, 5) is 4.26. The van der Waals surface area contributed by atoms with Gasteiger partial charge in [0.05, 0.1) is 17.3 Å². The van der Waals surface area contributed by atoms with Gasteiger partial charge in [-0.3, -0.25) is 4.98 Å². The van der Waals surface area contributed by atoms with Crippen molar-refractivity contribution in [2.45, 2.75) is 20.3 Å². The fourth-order valence-corrected chi connectivity index (χ4v) is 1.78. The quantitative estimate of drug-likeness (QED) is 0.852. The number of ether oxygens (including phenoxy) is 1. The number of aromatic nitrogens is 1. The summed E-state index contributed by atoms with van der Waals surface area (Å²) >= 11 is 0. The predicted molar refractivity (Wildman–Crippen MR) is 69.5 cm³/mol. The molecule has 3 nitrogen and oxygen atoms in total. The first-order chi connectivity index (χ1) is 9.55. The van der Waals surface area contributed by atoms with Gasteiger partial charge in [-0.25, -0.2) is 8.78 Å². The molecule has 0 N–H and O–H groups in total. The molecule has 0 fully saturated rings. The molecule has 0 unspecified atom stereocenters. The summed E-state index contributed by atoms with van der Waals surface area (Å²) in [6, 6.07) is 6.88. The highest BCUT2D eigenvalue weighted by molar-refractivity contribution is 5.41. The molecule has 0 aliphatic carbocycles. The number of aryl methyl sites for hydroxylation is 2. The molecule has 2 rings (SSSR count). The van der Waals surface area contributed by atoms with Gasteiger partial charge in [-0.1, -0.05) is 6.92 Å². The Kier molecular flexibility index (Phi) is 3.94. The molecule has 0 saturated carbocycles. The first-order valence-corrected chi connectivity index (χ1v) is 6.08. The van der Waals surface area contributed by atoms with Crippen LogP contribution in [0.2, 0.25) is 0 Å². The minimum atomic E-state index is -0.913. The fraction of sp³-hybridized carbons (Fsp3) is 0.200. The van der Waals surface area contributed by atoms with Crippen LogP contribution in [-0.2, 0) is 6.42 Å². The molecule has 102 valence electrons. The van der Waals surface area contributed by atoms with E-state index in [0.717, 1.165) is 17.8 Å². The summed E-state index contributed by atoms with van der Waals surface area (Å²) in [5, 5.41) is 8.65. The number of pyridine rings is 1. The summed E-state index contributed by atoms with van der Waals surface area (Å²) < 4.78 is 32.8. The molecule has 20 heavy (non-hydrogen) atoms. The van der Waals surface area contributed by atoms with Crippen LogP contribution < -0.4 is 4.74 Å². The molecule has 0 radical (unpaired) electrons. The molecule has 1 aromatic heterocycles. The standard InChI is InChI=1S/C15H12F2N2O/c1-3-13-14(5-4-9(2)19-13)20-15-11(16)6-10(8-18)7-12(15)17/h4-7H,3H2,1-2H3. The van der Waals surface area contributed by atoms with Gasteiger partial charge in [-0.05, 0) is 37.6 Å². The Labute approximate surface area is 115 Å². The maximum absolute atomic E-state index is 13.8. The third-order valence-corrected chi connectivity index (χ3v) is 2.75. The Balaban J connectivity index is 2.43. The number of nitrogens with zero attached hydrogens (tertiary/aromatic N) is 2. The van der Waals surface area contributed by atoms with Crippen LogP contribution in [0.3, 0.4) is 0 Å². The smallest absolute Gasteiger partial charge is 0.198 e. The molecule has 0 amide bonds. The van der Waals surface area contributed by atoms with Gasteiger partial charge in [0.2, 0.25) is 0 Å². The van der Waals surface area contributed by atoms with Crippen LogP contribution >= 0.6 is 0 Å². The zero-order valence-electron chi connectivity index (χ0n) is 11.1. The first-order valence-electron chi connectivity index (χ1n) is 6.08. The molecule has 2 aromatic rings. The number of benzene rings is 1. The average molecular weight is 274 g/mol. The van der Waals surface area contributed by atoms with Gasteiger partial charge in [0.1, 0.15) is 5.75 Å². The van der Waals surface area contributed by atoms with E-state index in [2.05, 4.69) is 4.98 Å². The molecule has 1 aromatic carbocycles. The van der Waals surface area contributed by atoms with E-state index < -0.39 is 17.4 Å². The van der Waals surface area contributed by atoms with Gasteiger partial charge < -0.3 is 4.74 Å². The monoisotopic (exact) mass is 274 g/mol. The second kappa shape index (κ2) is 5.66. The van der Waals surface area contributed by atoms with Crippen molar-refractivity contribution in [2.24, 2.45) is 0 Å². The van der Waals surface area contributed by atoms with Crippen LogP contribution in [0, 0.1) is 29.9 Å². The van der Waals surface area contributed by atoms with Crippen molar-refractivity contribution in [3.8, 4) is 17.6 Å². The second-order valence-corrected chi connectivity index (χ2v) is 4.23. The Morgan fingerprint density at radius 1 is 1.25 bits per heavy atom. The van der Waals surface area contributed by atoms with Crippen molar-refractivity contribution < 1.29 is 13.5 Å². The molecule has 5 heteroatoms. The predicted octanol–water partition coefficient (Wildman–Crippen LogP) is 3.89. The average Bonchev–Trinajstić information content (AvgIpc) is 2.43. The SMILES string of the molecule is CCc1nc(C)ccc1Oc1c(F)cc(C#N)cc1F. The highest BCUT2D eigenvalue weighted by Crippen LogP contribution is 2.30. The highest BCUT2D eigenvalue weighted by Gasteiger charge is 2.15. The topological polar surface area (TPSA) is 45.9 Å². The molecule has 0 spiro atoms. The van der Waals surface area contributed by atoms with Crippen LogP contribution in [0.4, 0.5) is 8.78 Å². The lowest BCUT2D eigenvalue weighted by Gasteiger charge is -2.11. The lowest BCUT2D eigenvalue weighted by molar-refractivity contribution is 0.402. The number of hydrogen-bond acceptors (Lipinski definition) is 3. The van der Waals surface area contributed by atoms with Gasteiger partial charge in [0, 0.05) is 5.69 Å². The Hall–Kier alpha value is -2.48. The number of hydrogen-bond donors (Lipinski definition) is 0. The lowest BCUT2D eigenvalue weighted by atomic mass is 10.2. The molecule has 1 heterocycles. The van der Waals surface area contributed by atoms with E-state index in [1.165, 1.54) is 0 Å². The Morgan fingerprint density at radius 3 is 2.45 bits per heavy atom. The van der Waals surface area contributed by atoms with E-state index in [9.17, 15) is 8.78 Å². The lowest BCUT2D eigenvalue weighted by Crippen LogP contribution is -1.99. The highest BCUT2D eigenvalue weighted by atomic mass is 19.1. The molecule has 0 atom stereocenters. The summed E-state index contributed by atoms with van der Waals surface area (Å²) in [6.45, 7) is 3.70. The van der Waals surface area contributed by atoms with Crippen molar-refractivity contribution in [1.82, 2.24) is 4.98 Å². The molecule has 0 bridgehead atoms. The van der Waals surface area contributed by atoms with E-state index in [1.807, 2.05) is 13.8 Å². The zero-order valence-corrected chi connectivity index (χ0v) is 11.1. The van der Waals surface area contributed by atoms with Gasteiger partial charge in [-0.15, -0.1) is 0 Å². The summed E-state index contributed by atoms with van der Waals surface area (Å²) in [5.41, 5.74) is 1.33. The van der Waals surface area contributed by atoms with E-state index >= 15 is 0 Å². The zero-order chi connectivity index (χ0) is 14.7. The van der Waals surface area contributed by atoms with Crippen molar-refractivity contribution >= 4 is 0 Å². The van der Waals surface area contributed by atoms with Crippen molar-refractivity contribution in [3.05, 3.63) is 52.9 Å². The molecule has 0 saturated heterocycles. The molecular formula is C15H12F2N2O. The largest absolute Gasteiger partial charge is 0.449 e. The maximum atomic E-state index is 13.8. The second-order valence-electron chi connectivity index (χ2n) is 4.23. The number of nitriles is 1. The number of halogens is 2. The minimum Gasteiger partial charge on any atom is -0.449 e. The van der Waals surface area contributed by atoms with E-state index in [4.69, 9.17) is 10.00 Å². The van der Waals surface area contributed by atoms with E-state index in [1.54, 1.807) is 18.2 Å². The molecule has 0 aliphatic heterocycles. The summed E-state index contributed by atoms with van der Waals surface area (Å²) in [7, 11) is 0. The van der Waals surface area contributed by atoms with Crippen LogP contribution in [0.5, 0.6) is 11.5 Å². The summed E-state index contributed by atoms with van der Waals surface area (Å²) in [5.74, 6) is -2.04. The first kappa shape index (κ1) is 13.9. The summed E-state index contributed by atoms with van der Waals surface area (Å²) in [6.07, 6.45) is 0.580. The van der Waals surface area contributed by atoms with E-state index in [-0.39, 0.29) is 5.56 Å². The third-order valence-electron chi connectivity index (χ3n) is 2.75. The molecular weight excluding hydrogens is 262 g/mol. The Morgan fingerprint density at radius 2 is 1.90 bits per heavy atom. The van der Waals surface area contributed by atoms with Gasteiger partial charge in [-0.2, -0.15) is 5.26 Å².